The second-order valence-corrected chi connectivity index (χ2v) is 7.46. The molecule has 0 heterocycles. The zero-order valence-corrected chi connectivity index (χ0v) is 12.6. The van der Waals surface area contributed by atoms with Crippen LogP contribution in [0, 0.1) is 5.41 Å². The van der Waals surface area contributed by atoms with Gasteiger partial charge in [0, 0.05) is 18.6 Å². The smallest absolute Gasteiger partial charge is 0.00984 e. The molecule has 0 spiro atoms. The Bertz CT molecular complexity index is 255. The van der Waals surface area contributed by atoms with Gasteiger partial charge >= 0.3 is 0 Å². The third-order valence-electron chi connectivity index (χ3n) is 6.00. The fourth-order valence-electron chi connectivity index (χ4n) is 4.37. The second-order valence-electron chi connectivity index (χ2n) is 7.46. The molecule has 3 fully saturated rings. The first kappa shape index (κ1) is 13.9. The van der Waals surface area contributed by atoms with Crippen molar-refractivity contribution >= 4 is 0 Å². The lowest BCUT2D eigenvalue weighted by atomic mass is 9.87. The Kier molecular flexibility index (Phi) is 4.48. The molecule has 3 rings (SSSR count). The van der Waals surface area contributed by atoms with E-state index in [0.29, 0.717) is 5.41 Å². The maximum atomic E-state index is 6.05. The lowest BCUT2D eigenvalue weighted by Gasteiger charge is -2.43. The monoisotopic (exact) mass is 264 g/mol. The van der Waals surface area contributed by atoms with E-state index in [1.54, 1.807) is 0 Å². The zero-order chi connectivity index (χ0) is 13.1. The van der Waals surface area contributed by atoms with E-state index in [9.17, 15) is 0 Å². The van der Waals surface area contributed by atoms with Crippen molar-refractivity contribution in [2.45, 2.75) is 89.1 Å². The van der Waals surface area contributed by atoms with E-state index in [1.165, 1.54) is 83.6 Å². The molecule has 3 aliphatic carbocycles. The molecule has 0 bridgehead atoms. The van der Waals surface area contributed by atoms with Crippen molar-refractivity contribution in [2.24, 2.45) is 11.1 Å². The Balaban J connectivity index is 1.66. The maximum absolute atomic E-state index is 6.05. The molecular weight excluding hydrogens is 232 g/mol. The van der Waals surface area contributed by atoms with Crippen molar-refractivity contribution in [2.75, 3.05) is 13.1 Å². The summed E-state index contributed by atoms with van der Waals surface area (Å²) in [6.45, 7) is 2.24. The molecule has 19 heavy (non-hydrogen) atoms. The van der Waals surface area contributed by atoms with Gasteiger partial charge in [0.1, 0.15) is 0 Å². The summed E-state index contributed by atoms with van der Waals surface area (Å²) in [5.41, 5.74) is 6.57. The molecule has 0 unspecified atom stereocenters. The van der Waals surface area contributed by atoms with E-state index < -0.39 is 0 Å². The summed E-state index contributed by atoms with van der Waals surface area (Å²) in [6, 6.07) is 1.78. The van der Waals surface area contributed by atoms with Gasteiger partial charge in [0.15, 0.2) is 0 Å². The average Bonchev–Trinajstić information content (AvgIpc) is 3.27. The Morgan fingerprint density at radius 2 is 1.26 bits per heavy atom. The molecule has 0 aromatic rings. The first-order valence-corrected chi connectivity index (χ1v) is 8.79. The van der Waals surface area contributed by atoms with Crippen molar-refractivity contribution in [1.29, 1.82) is 0 Å². The van der Waals surface area contributed by atoms with Crippen LogP contribution < -0.4 is 5.73 Å². The van der Waals surface area contributed by atoms with Gasteiger partial charge in [0.2, 0.25) is 0 Å². The normalized spacial score (nSPS) is 28.7. The Morgan fingerprint density at radius 1 is 0.789 bits per heavy atom. The predicted molar refractivity (Wildman–Crippen MR) is 81.2 cm³/mol. The largest absolute Gasteiger partial charge is 0.330 e. The highest BCUT2D eigenvalue weighted by atomic mass is 15.2. The lowest BCUT2D eigenvalue weighted by molar-refractivity contribution is 0.0605. The van der Waals surface area contributed by atoms with Gasteiger partial charge < -0.3 is 5.73 Å². The number of nitrogens with two attached hydrogens (primary N) is 1. The van der Waals surface area contributed by atoms with Crippen LogP contribution in [0.5, 0.6) is 0 Å². The average molecular weight is 264 g/mol. The molecule has 0 saturated heterocycles. The lowest BCUT2D eigenvalue weighted by Crippen LogP contribution is -2.48. The highest BCUT2D eigenvalue weighted by molar-refractivity contribution is 4.99. The van der Waals surface area contributed by atoms with Crippen LogP contribution >= 0.6 is 0 Å². The number of hydrogen-bond donors (Lipinski definition) is 1. The molecule has 2 nitrogen and oxygen atoms in total. The van der Waals surface area contributed by atoms with E-state index in [4.69, 9.17) is 5.73 Å². The topological polar surface area (TPSA) is 29.3 Å². The minimum Gasteiger partial charge on any atom is -0.330 e. The van der Waals surface area contributed by atoms with Crippen LogP contribution in [0.25, 0.3) is 0 Å². The van der Waals surface area contributed by atoms with Crippen LogP contribution in [0.1, 0.15) is 77.0 Å². The van der Waals surface area contributed by atoms with Gasteiger partial charge in [-0.25, -0.2) is 0 Å². The fraction of sp³-hybridized carbons (Fsp3) is 1.00. The summed E-state index contributed by atoms with van der Waals surface area (Å²) in [4.78, 5) is 2.94. The van der Waals surface area contributed by atoms with E-state index in [0.717, 1.165) is 18.6 Å². The highest BCUT2D eigenvalue weighted by Gasteiger charge is 2.45. The Hall–Kier alpha value is -0.0800. The van der Waals surface area contributed by atoms with E-state index >= 15 is 0 Å². The van der Waals surface area contributed by atoms with Gasteiger partial charge in [0.25, 0.3) is 0 Å². The van der Waals surface area contributed by atoms with E-state index in [-0.39, 0.29) is 0 Å². The third-order valence-corrected chi connectivity index (χ3v) is 6.00. The summed E-state index contributed by atoms with van der Waals surface area (Å²) < 4.78 is 0. The number of hydrogen-bond acceptors (Lipinski definition) is 2. The van der Waals surface area contributed by atoms with Gasteiger partial charge in [-0.2, -0.15) is 0 Å². The van der Waals surface area contributed by atoms with Gasteiger partial charge in [-0.15, -0.1) is 0 Å². The van der Waals surface area contributed by atoms with E-state index in [2.05, 4.69) is 4.90 Å². The summed E-state index contributed by atoms with van der Waals surface area (Å²) in [5.74, 6) is 0. The SMILES string of the molecule is NCC1(CN(C2CCCCC2)C2CCCCC2)CC1. The van der Waals surface area contributed by atoms with Crippen molar-refractivity contribution in [3.63, 3.8) is 0 Å². The Labute approximate surface area is 119 Å². The van der Waals surface area contributed by atoms with Gasteiger partial charge in [-0.1, -0.05) is 38.5 Å². The van der Waals surface area contributed by atoms with Crippen LogP contribution in [0.4, 0.5) is 0 Å². The number of rotatable bonds is 5. The first-order valence-electron chi connectivity index (χ1n) is 8.79. The molecule has 0 atom stereocenters. The fourth-order valence-corrected chi connectivity index (χ4v) is 4.37. The Morgan fingerprint density at radius 3 is 1.63 bits per heavy atom. The molecule has 0 amide bonds. The van der Waals surface area contributed by atoms with Gasteiger partial charge in [-0.05, 0) is 50.5 Å². The zero-order valence-electron chi connectivity index (χ0n) is 12.6. The molecular formula is C17H32N2. The van der Waals surface area contributed by atoms with E-state index in [1.807, 2.05) is 0 Å². The van der Waals surface area contributed by atoms with Crippen molar-refractivity contribution in [3.8, 4) is 0 Å². The van der Waals surface area contributed by atoms with Crippen LogP contribution in [0.2, 0.25) is 0 Å². The minimum atomic E-state index is 0.523. The molecule has 0 aromatic carbocycles. The molecule has 0 aromatic heterocycles. The summed E-state index contributed by atoms with van der Waals surface area (Å²) >= 11 is 0. The summed E-state index contributed by atoms with van der Waals surface area (Å²) in [6.07, 6.45) is 17.4. The molecule has 3 saturated carbocycles. The summed E-state index contributed by atoms with van der Waals surface area (Å²) in [5, 5.41) is 0. The second kappa shape index (κ2) is 6.13. The standard InChI is InChI=1S/C17H32N2/c18-13-17(11-12-17)14-19(15-7-3-1-4-8-15)16-9-5-2-6-10-16/h15-16H,1-14,18H2. The molecule has 2 heteroatoms. The summed E-state index contributed by atoms with van der Waals surface area (Å²) in [7, 11) is 0. The van der Waals surface area contributed by atoms with Crippen LogP contribution in [-0.2, 0) is 0 Å². The van der Waals surface area contributed by atoms with Gasteiger partial charge in [0.05, 0.1) is 0 Å². The van der Waals surface area contributed by atoms with Crippen molar-refractivity contribution in [1.82, 2.24) is 4.90 Å². The maximum Gasteiger partial charge on any atom is 0.00984 e. The first-order chi connectivity index (χ1) is 9.33. The van der Waals surface area contributed by atoms with Crippen LogP contribution in [-0.4, -0.2) is 30.1 Å². The number of nitrogens with zero attached hydrogens (tertiary/aromatic N) is 1. The molecule has 2 N–H and O–H groups in total. The minimum absolute atomic E-state index is 0.523. The molecule has 0 radical (unpaired) electrons. The van der Waals surface area contributed by atoms with Crippen LogP contribution in [0.15, 0.2) is 0 Å². The van der Waals surface area contributed by atoms with Crippen molar-refractivity contribution in [3.05, 3.63) is 0 Å². The molecule has 110 valence electrons. The third kappa shape index (κ3) is 3.33. The predicted octanol–water partition coefficient (Wildman–Crippen LogP) is 3.69. The molecule has 3 aliphatic rings. The van der Waals surface area contributed by atoms with Crippen molar-refractivity contribution < 1.29 is 0 Å². The highest BCUT2D eigenvalue weighted by Crippen LogP contribution is 2.47. The molecule has 0 aliphatic heterocycles. The quantitative estimate of drug-likeness (QED) is 0.820. The van der Waals surface area contributed by atoms with Crippen LogP contribution in [0.3, 0.4) is 0 Å². The van der Waals surface area contributed by atoms with Gasteiger partial charge in [-0.3, -0.25) is 4.90 Å².